The first-order chi connectivity index (χ1) is 37.3. The number of carbonyl (C=O) groups is 3. The fourth-order valence-electron chi connectivity index (χ4n) is 12.5. The van der Waals surface area contributed by atoms with Gasteiger partial charge in [0, 0.05) is 67.6 Å². The first-order valence-corrected chi connectivity index (χ1v) is 28.0. The topological polar surface area (TPSA) is 305 Å². The molecule has 0 saturated carbocycles. The van der Waals surface area contributed by atoms with Crippen LogP contribution in [0.1, 0.15) is 137 Å². The molecule has 4 aliphatic heterocycles. The number of hydrogen-bond donors (Lipinski definition) is 7. The highest BCUT2D eigenvalue weighted by molar-refractivity contribution is 5.94. The number of aryl methyl sites for hydroxylation is 1. The highest BCUT2D eigenvalue weighted by Gasteiger charge is 2.54. The average molecular weight is 1140 g/mol. The number of nitrogens with one attached hydrogen (secondary N) is 1. The zero-order valence-corrected chi connectivity index (χ0v) is 49.3. The number of carboxylic acid groups (broad SMARTS) is 1. The second-order valence-electron chi connectivity index (χ2n) is 24.1. The van der Waals surface area contributed by atoms with Gasteiger partial charge in [0.2, 0.25) is 5.43 Å². The predicted molar refractivity (Wildman–Crippen MR) is 291 cm³/mol. The van der Waals surface area contributed by atoms with Crippen LogP contribution in [-0.4, -0.2) is 189 Å². The number of likely N-dealkylation sites (N-methyl/N-ethyl adjacent to an activating group) is 1. The number of benzene rings is 1. The van der Waals surface area contributed by atoms with Crippen molar-refractivity contribution < 1.29 is 87.8 Å². The molecule has 1 aromatic heterocycles. The van der Waals surface area contributed by atoms with E-state index in [9.17, 15) is 49.9 Å². The number of nitrogens with zero attached hydrogens (tertiary/aromatic N) is 3. The van der Waals surface area contributed by atoms with E-state index in [2.05, 4.69) is 10.5 Å². The minimum Gasteiger partial charge on any atom is -0.477 e. The number of aliphatic hydroxyl groups is 4. The van der Waals surface area contributed by atoms with Crippen molar-refractivity contribution in [1.82, 2.24) is 14.8 Å². The number of rotatable bonds is 16. The summed E-state index contributed by atoms with van der Waals surface area (Å²) in [6.07, 6.45) is -9.00. The molecule has 18 atom stereocenters. The lowest BCUT2D eigenvalue weighted by Crippen LogP contribution is -2.61. The standard InChI is InChI=1S/C57H90N4O19/c1-16-40-57(12,70)47(64)31(4)42(59-71)29(2)25-55(10,69)48(79-52-45(63)39(60(13)14)22-30(3)75-52)32(5)46(33(6)51(67)77-40)78-41-26-56(11,72-15)49(34(7)76-41)80-53(68)58-19-21-73-20-17-18-35-23-36-28-74-54(8,9)61-27-38(50(65)66)44(62)37(24-35)43(36)61/h23-24,27,29-34,39-41,45-49,52,63-64,69-71H,16-22,25-26,28H2,1-15H3,(H,58,68)(H,65,66)/b59-42+/t29-,30-,31+,32+,33-,34+,39+,40-,41+,45-,46+,47-,48-,49+,52?,55-,56-,57-/m1/s1. The Kier molecular flexibility index (Phi) is 21.1. The van der Waals surface area contributed by atoms with Crippen LogP contribution >= 0.6 is 0 Å². The van der Waals surface area contributed by atoms with Gasteiger partial charge in [-0.15, -0.1) is 0 Å². The number of aliphatic hydroxyl groups excluding tert-OH is 2. The molecular formula is C57H90N4O19. The minimum absolute atomic E-state index is 0.0292. The maximum absolute atomic E-state index is 14.5. The molecule has 0 bridgehead atoms. The molecule has 2 aromatic rings. The molecule has 3 saturated heterocycles. The minimum atomic E-state index is -2.04. The second-order valence-corrected chi connectivity index (χ2v) is 24.1. The van der Waals surface area contributed by atoms with Crippen molar-refractivity contribution in [2.45, 2.75) is 218 Å². The molecule has 0 spiro atoms. The van der Waals surface area contributed by atoms with Gasteiger partial charge in [-0.25, -0.2) is 9.59 Å². The third kappa shape index (κ3) is 14.0. The van der Waals surface area contributed by atoms with Gasteiger partial charge >= 0.3 is 18.0 Å². The Hall–Kier alpha value is -4.37. The van der Waals surface area contributed by atoms with Crippen LogP contribution < -0.4 is 10.7 Å². The number of carboxylic acids is 1. The van der Waals surface area contributed by atoms with Crippen molar-refractivity contribution in [3.05, 3.63) is 45.2 Å². The quantitative estimate of drug-likeness (QED) is 0.0520. The number of aromatic carboxylic acids is 1. The number of amides is 1. The van der Waals surface area contributed by atoms with Gasteiger partial charge in [0.25, 0.3) is 0 Å². The van der Waals surface area contributed by atoms with E-state index in [0.29, 0.717) is 36.8 Å². The predicted octanol–water partition coefficient (Wildman–Crippen LogP) is 4.67. The van der Waals surface area contributed by atoms with E-state index in [1.54, 1.807) is 59.1 Å². The highest BCUT2D eigenvalue weighted by Crippen LogP contribution is 2.42. The summed E-state index contributed by atoms with van der Waals surface area (Å²) in [5.41, 5.74) is -4.54. The Labute approximate surface area is 469 Å². The van der Waals surface area contributed by atoms with E-state index in [0.717, 1.165) is 11.1 Å². The third-order valence-electron chi connectivity index (χ3n) is 17.1. The van der Waals surface area contributed by atoms with Gasteiger partial charge in [0.05, 0.1) is 66.5 Å². The molecule has 5 heterocycles. The van der Waals surface area contributed by atoms with Crippen molar-refractivity contribution in [1.29, 1.82) is 0 Å². The van der Waals surface area contributed by atoms with Crippen LogP contribution in [0.4, 0.5) is 4.79 Å². The lowest BCUT2D eigenvalue weighted by molar-refractivity contribution is -0.317. The Morgan fingerprint density at radius 1 is 0.938 bits per heavy atom. The van der Waals surface area contributed by atoms with E-state index < -0.39 is 125 Å². The summed E-state index contributed by atoms with van der Waals surface area (Å²) >= 11 is 0. The maximum Gasteiger partial charge on any atom is 0.407 e. The summed E-state index contributed by atoms with van der Waals surface area (Å²) in [6.45, 7) is 20.9. The number of methoxy groups -OCH3 is 1. The normalized spacial score (nSPS) is 37.7. The van der Waals surface area contributed by atoms with Crippen molar-refractivity contribution in [3.8, 4) is 0 Å². The number of hydrogen-bond acceptors (Lipinski definition) is 20. The maximum atomic E-state index is 14.5. The number of carbonyl (C=O) groups excluding carboxylic acids is 2. The molecule has 0 aliphatic carbocycles. The van der Waals surface area contributed by atoms with E-state index >= 15 is 0 Å². The Morgan fingerprint density at radius 2 is 1.62 bits per heavy atom. The zero-order chi connectivity index (χ0) is 59.6. The summed E-state index contributed by atoms with van der Waals surface area (Å²) in [5.74, 6) is -5.95. The number of ether oxygens (including phenoxy) is 9. The monoisotopic (exact) mass is 1130 g/mol. The molecule has 6 rings (SSSR count). The molecule has 452 valence electrons. The van der Waals surface area contributed by atoms with Crippen LogP contribution in [0.2, 0.25) is 0 Å². The molecule has 3 fully saturated rings. The van der Waals surface area contributed by atoms with Crippen molar-refractivity contribution in [3.63, 3.8) is 0 Å². The lowest BCUT2D eigenvalue weighted by Gasteiger charge is -2.49. The fourth-order valence-corrected chi connectivity index (χ4v) is 12.5. The Balaban J connectivity index is 1.16. The van der Waals surface area contributed by atoms with Crippen molar-refractivity contribution in [2.24, 2.45) is 28.8 Å². The van der Waals surface area contributed by atoms with Gasteiger partial charge in [-0.1, -0.05) is 38.9 Å². The van der Waals surface area contributed by atoms with Crippen LogP contribution in [0.3, 0.4) is 0 Å². The van der Waals surface area contributed by atoms with E-state index in [1.165, 1.54) is 27.2 Å². The SMILES string of the molecule is CC[C@H]1OC(=O)[C@H](C)[C@@H](O[C@H]2C[C@@](C)(OC)[C@@H](OC(=O)NCCOCCCc3cc4c5c(c3)c(=O)c(C(=O)O)cn5C(C)(C)OC4)[C@H](C)O2)[C@H](C)[C@@H](OC2O[C@H](C)C[C@H](N(C)C)[C@H]2O)[C@](C)(O)C[C@@H](C)/C(=N\O)[C@H](C)[C@@H](O)[C@]1(C)O. The molecular weight excluding hydrogens is 1040 g/mol. The van der Waals surface area contributed by atoms with Crippen LogP contribution in [0, 0.1) is 23.7 Å². The molecule has 80 heavy (non-hydrogen) atoms. The first-order valence-electron chi connectivity index (χ1n) is 28.0. The molecule has 23 heteroatoms. The van der Waals surface area contributed by atoms with E-state index in [-0.39, 0.29) is 62.4 Å². The first kappa shape index (κ1) is 64.8. The lowest BCUT2D eigenvalue weighted by atomic mass is 9.73. The van der Waals surface area contributed by atoms with Crippen LogP contribution in [0.5, 0.6) is 0 Å². The number of cyclic esters (lactones) is 1. The van der Waals surface area contributed by atoms with Gasteiger partial charge in [-0.2, -0.15) is 0 Å². The summed E-state index contributed by atoms with van der Waals surface area (Å²) in [4.78, 5) is 55.1. The largest absolute Gasteiger partial charge is 0.477 e. The molecule has 23 nitrogen and oxygen atoms in total. The number of aromatic nitrogens is 1. The average Bonchev–Trinajstić information content (AvgIpc) is 3.38. The number of esters is 1. The number of alkyl carbamates (subject to hydrolysis) is 1. The number of pyridine rings is 1. The Bertz CT molecular complexity index is 2570. The second kappa shape index (κ2) is 26.0. The van der Waals surface area contributed by atoms with Crippen LogP contribution in [0.25, 0.3) is 10.9 Å². The molecule has 7 N–H and O–H groups in total. The summed E-state index contributed by atoms with van der Waals surface area (Å²) in [7, 11) is 5.13. The van der Waals surface area contributed by atoms with E-state index in [4.69, 9.17) is 42.6 Å². The van der Waals surface area contributed by atoms with Gasteiger partial charge in [-0.3, -0.25) is 9.59 Å². The molecule has 0 radical (unpaired) electrons. The van der Waals surface area contributed by atoms with Gasteiger partial charge < -0.3 is 88.2 Å². The molecule has 1 aromatic carbocycles. The Morgan fingerprint density at radius 3 is 2.25 bits per heavy atom. The van der Waals surface area contributed by atoms with Crippen molar-refractivity contribution in [2.75, 3.05) is 41.0 Å². The molecule has 4 aliphatic rings. The summed E-state index contributed by atoms with van der Waals surface area (Å²) in [5, 5.41) is 74.9. The third-order valence-corrected chi connectivity index (χ3v) is 17.1. The van der Waals surface area contributed by atoms with Crippen LogP contribution in [0.15, 0.2) is 28.3 Å². The van der Waals surface area contributed by atoms with Crippen molar-refractivity contribution >= 4 is 34.6 Å². The summed E-state index contributed by atoms with van der Waals surface area (Å²) < 4.78 is 57.9. The van der Waals surface area contributed by atoms with Gasteiger partial charge in [-0.05, 0) is 113 Å². The fraction of sp³-hybridized carbons (Fsp3) is 0.772. The number of oxime groups is 1. The highest BCUT2D eigenvalue weighted by atomic mass is 16.7. The molecule has 1 unspecified atom stereocenters. The molecule has 1 amide bonds. The van der Waals surface area contributed by atoms with Crippen LogP contribution in [-0.2, 0) is 66.2 Å². The summed E-state index contributed by atoms with van der Waals surface area (Å²) in [6, 6.07) is 3.30. The van der Waals surface area contributed by atoms with E-state index in [1.807, 2.05) is 45.8 Å². The smallest absolute Gasteiger partial charge is 0.407 e. The zero-order valence-electron chi connectivity index (χ0n) is 49.3. The van der Waals surface area contributed by atoms with Gasteiger partial charge in [0.1, 0.15) is 34.7 Å². The van der Waals surface area contributed by atoms with Gasteiger partial charge in [0.15, 0.2) is 18.7 Å².